The van der Waals surface area contributed by atoms with Crippen LogP contribution in [0, 0.1) is 11.8 Å². The third-order valence-electron chi connectivity index (χ3n) is 8.01. The highest BCUT2D eigenvalue weighted by Crippen LogP contribution is 2.24. The average Bonchev–Trinajstić information content (AvgIpc) is 3.10. The fourth-order valence-corrected chi connectivity index (χ4v) is 4.73. The first-order valence-electron chi connectivity index (χ1n) is 17.9. The molecule has 0 radical (unpaired) electrons. The molecule has 8 atom stereocenters. The number of carbonyl (C=O) groups excluding carboxylic acids is 2. The van der Waals surface area contributed by atoms with Crippen LogP contribution in [0.3, 0.4) is 0 Å². The number of carboxylic acid groups (broad SMARTS) is 1. The summed E-state index contributed by atoms with van der Waals surface area (Å²) in [4.78, 5) is 36.0. The van der Waals surface area contributed by atoms with Crippen LogP contribution in [0.5, 0.6) is 0 Å². The maximum Gasteiger partial charge on any atom is 0.310 e. The molecule has 0 aliphatic carbocycles. The van der Waals surface area contributed by atoms with E-state index in [0.717, 1.165) is 5.57 Å². The van der Waals surface area contributed by atoms with Gasteiger partial charge in [0.15, 0.2) is 6.29 Å². The van der Waals surface area contributed by atoms with Gasteiger partial charge in [-0.05, 0) is 64.5 Å². The van der Waals surface area contributed by atoms with Crippen LogP contribution in [0.4, 0.5) is 0 Å². The van der Waals surface area contributed by atoms with Crippen molar-refractivity contribution in [3.63, 3.8) is 0 Å². The van der Waals surface area contributed by atoms with Crippen LogP contribution in [0.25, 0.3) is 0 Å². The van der Waals surface area contributed by atoms with Gasteiger partial charge in [-0.2, -0.15) is 0 Å². The summed E-state index contributed by atoms with van der Waals surface area (Å²) >= 11 is 0. The van der Waals surface area contributed by atoms with Crippen LogP contribution < -0.4 is 10.6 Å². The van der Waals surface area contributed by atoms with E-state index in [2.05, 4.69) is 10.6 Å². The van der Waals surface area contributed by atoms with Crippen molar-refractivity contribution in [2.75, 3.05) is 13.2 Å². The number of allylic oxidation sites excluding steroid dienone is 14. The van der Waals surface area contributed by atoms with E-state index in [1.165, 1.54) is 0 Å². The van der Waals surface area contributed by atoms with Gasteiger partial charge < -0.3 is 50.7 Å². The highest BCUT2D eigenvalue weighted by atomic mass is 16.7. The van der Waals surface area contributed by atoms with Gasteiger partial charge in [-0.25, -0.2) is 0 Å². The Bertz CT molecular complexity index is 1390. The molecule has 296 valence electrons. The van der Waals surface area contributed by atoms with Gasteiger partial charge in [0.1, 0.15) is 30.5 Å². The van der Waals surface area contributed by atoms with E-state index in [0.29, 0.717) is 37.1 Å². The van der Waals surface area contributed by atoms with Crippen LogP contribution >= 0.6 is 0 Å². The SMILES string of the molecule is C/C(=C/C=C/C=C/C(C)C(=O)O)NC(=O)CC(O)\C(C)=C/C=C\C=C(C)\C=C\C=C/CCCNC(=O)C(CC(C)C)O[C@@H]1O[C@H](CO)[C@@H](O)[C@H](O)[C@H]1O. The molecule has 1 aliphatic heterocycles. The van der Waals surface area contributed by atoms with Crippen molar-refractivity contribution in [2.24, 2.45) is 11.8 Å². The first-order valence-corrected chi connectivity index (χ1v) is 17.9. The van der Waals surface area contributed by atoms with E-state index in [1.807, 2.05) is 57.2 Å². The third kappa shape index (κ3) is 19.6. The summed E-state index contributed by atoms with van der Waals surface area (Å²) < 4.78 is 11.1. The molecule has 8 N–H and O–H groups in total. The number of amides is 2. The van der Waals surface area contributed by atoms with Crippen molar-refractivity contribution in [1.82, 2.24) is 10.6 Å². The highest BCUT2D eigenvalue weighted by Gasteiger charge is 2.45. The standard InChI is InChI=1S/C40H60N2O11/c1-26(2)23-32(52-40-37(48)36(47)35(46)33(25-43)53-40)38(49)41-22-16-9-7-8-11-17-27(3)18-14-15-19-28(4)31(44)24-34(45)42-30(6)21-13-10-12-20-29(5)39(50)51/h7-8,10-15,17-21,26,29,31-33,35-37,40,43-44,46-48H,9,16,22-25H2,1-6H3,(H,41,49)(H,42,45)(H,50,51)/b8-7-,13-10+,15-14-,17-11+,20-12+,27-18+,28-19-,30-21-/t29?,31?,32?,33-,35-,36+,37-,40-/m1/s1. The smallest absolute Gasteiger partial charge is 0.310 e. The van der Waals surface area contributed by atoms with Crippen LogP contribution in [0.15, 0.2) is 95.8 Å². The minimum absolute atomic E-state index is 0.0818. The van der Waals surface area contributed by atoms with E-state index in [-0.39, 0.29) is 24.2 Å². The molecule has 0 aromatic rings. The Balaban J connectivity index is 2.47. The van der Waals surface area contributed by atoms with Gasteiger partial charge in [0.25, 0.3) is 0 Å². The number of hydrogen-bond donors (Lipinski definition) is 8. The lowest BCUT2D eigenvalue weighted by atomic mass is 9.99. The fourth-order valence-electron chi connectivity index (χ4n) is 4.73. The molecule has 0 spiro atoms. The largest absolute Gasteiger partial charge is 0.481 e. The predicted octanol–water partition coefficient (Wildman–Crippen LogP) is 3.28. The summed E-state index contributed by atoms with van der Waals surface area (Å²) in [5.74, 6) is -2.13. The second kappa shape index (κ2) is 25.9. The van der Waals surface area contributed by atoms with Gasteiger partial charge in [0.05, 0.1) is 25.0 Å². The molecule has 53 heavy (non-hydrogen) atoms. The Morgan fingerprint density at radius 3 is 2.21 bits per heavy atom. The lowest BCUT2D eigenvalue weighted by molar-refractivity contribution is -0.309. The molecule has 3 unspecified atom stereocenters. The number of aliphatic hydroxyl groups is 5. The summed E-state index contributed by atoms with van der Waals surface area (Å²) in [5.41, 5.74) is 2.21. The zero-order chi connectivity index (χ0) is 39.9. The van der Waals surface area contributed by atoms with Crippen LogP contribution in [-0.4, -0.2) is 104 Å². The number of hydrogen-bond acceptors (Lipinski definition) is 10. The van der Waals surface area contributed by atoms with E-state index in [9.17, 15) is 39.9 Å². The van der Waals surface area contributed by atoms with Gasteiger partial charge in [-0.15, -0.1) is 0 Å². The Morgan fingerprint density at radius 1 is 0.868 bits per heavy atom. The molecule has 1 fully saturated rings. The second-order valence-electron chi connectivity index (χ2n) is 13.4. The Labute approximate surface area is 313 Å². The minimum Gasteiger partial charge on any atom is -0.481 e. The maximum absolute atomic E-state index is 12.9. The van der Waals surface area contributed by atoms with Crippen molar-refractivity contribution in [1.29, 1.82) is 0 Å². The minimum atomic E-state index is -1.59. The van der Waals surface area contributed by atoms with E-state index in [1.54, 1.807) is 63.3 Å². The summed E-state index contributed by atoms with van der Waals surface area (Å²) in [6, 6.07) is 0. The molecule has 1 saturated heterocycles. The molecular formula is C40H60N2O11. The number of nitrogens with one attached hydrogen (secondary N) is 2. The lowest BCUT2D eigenvalue weighted by Crippen LogP contribution is -2.60. The first kappa shape index (κ1) is 47.1. The number of aliphatic carboxylic acids is 1. The number of aliphatic hydroxyl groups excluding tert-OH is 5. The summed E-state index contributed by atoms with van der Waals surface area (Å²) in [6.45, 7) is 10.6. The quantitative estimate of drug-likeness (QED) is 0.0595. The fraction of sp³-hybridized carbons (Fsp3) is 0.525. The zero-order valence-electron chi connectivity index (χ0n) is 31.7. The molecule has 0 aromatic carbocycles. The van der Waals surface area contributed by atoms with Crippen LogP contribution in [-0.2, 0) is 23.9 Å². The molecular weight excluding hydrogens is 684 g/mol. The molecule has 0 bridgehead atoms. The van der Waals surface area contributed by atoms with Crippen molar-refractivity contribution in [3.05, 3.63) is 95.8 Å². The van der Waals surface area contributed by atoms with Gasteiger partial charge in [-0.1, -0.05) is 92.3 Å². The number of carboxylic acids is 1. The first-order chi connectivity index (χ1) is 25.1. The maximum atomic E-state index is 12.9. The van der Waals surface area contributed by atoms with E-state index < -0.39 is 61.4 Å². The van der Waals surface area contributed by atoms with Gasteiger partial charge >= 0.3 is 5.97 Å². The second-order valence-corrected chi connectivity index (χ2v) is 13.4. The number of rotatable bonds is 22. The summed E-state index contributed by atoms with van der Waals surface area (Å²) in [6.07, 6.45) is 15.7. The highest BCUT2D eigenvalue weighted by molar-refractivity contribution is 5.80. The van der Waals surface area contributed by atoms with Crippen molar-refractivity contribution < 1.29 is 54.5 Å². The van der Waals surface area contributed by atoms with Crippen molar-refractivity contribution in [2.45, 2.75) is 110 Å². The molecule has 0 saturated carbocycles. The number of carbonyl (C=O) groups is 3. The predicted molar refractivity (Wildman–Crippen MR) is 203 cm³/mol. The van der Waals surface area contributed by atoms with Gasteiger partial charge in [0.2, 0.25) is 11.8 Å². The molecule has 1 aliphatic rings. The topological polar surface area (TPSA) is 215 Å². The van der Waals surface area contributed by atoms with Gasteiger partial charge in [-0.3, -0.25) is 14.4 Å². The van der Waals surface area contributed by atoms with E-state index in [4.69, 9.17) is 14.6 Å². The normalized spacial score (nSPS) is 23.8. The number of unbranched alkanes of at least 4 members (excludes halogenated alkanes) is 1. The third-order valence-corrected chi connectivity index (χ3v) is 8.01. The molecule has 13 nitrogen and oxygen atoms in total. The Hall–Kier alpha value is -3.95. The van der Waals surface area contributed by atoms with Crippen LogP contribution in [0.2, 0.25) is 0 Å². The molecule has 1 heterocycles. The molecule has 13 heteroatoms. The van der Waals surface area contributed by atoms with Crippen LogP contribution in [0.1, 0.15) is 67.2 Å². The lowest BCUT2D eigenvalue weighted by Gasteiger charge is -2.40. The van der Waals surface area contributed by atoms with Crippen molar-refractivity contribution >= 4 is 17.8 Å². The zero-order valence-corrected chi connectivity index (χ0v) is 31.7. The monoisotopic (exact) mass is 744 g/mol. The Kier molecular flexibility index (Phi) is 23.0. The molecule has 2 amide bonds. The molecule has 1 rings (SSSR count). The average molecular weight is 745 g/mol. The molecule has 0 aromatic heterocycles. The number of ether oxygens (including phenoxy) is 2. The summed E-state index contributed by atoms with van der Waals surface area (Å²) in [7, 11) is 0. The van der Waals surface area contributed by atoms with Gasteiger partial charge in [0, 0.05) is 12.2 Å². The Morgan fingerprint density at radius 2 is 1.55 bits per heavy atom. The van der Waals surface area contributed by atoms with E-state index >= 15 is 0 Å². The summed E-state index contributed by atoms with van der Waals surface area (Å²) in [5, 5.41) is 64.5. The van der Waals surface area contributed by atoms with Crippen molar-refractivity contribution in [3.8, 4) is 0 Å².